The smallest absolute Gasteiger partial charge is 0.119 e. The third kappa shape index (κ3) is 4.78. The molecule has 0 radical (unpaired) electrons. The van der Waals surface area contributed by atoms with Crippen LogP contribution in [0.5, 0.6) is 11.5 Å². The van der Waals surface area contributed by atoms with Gasteiger partial charge in [0.25, 0.3) is 0 Å². The van der Waals surface area contributed by atoms with Crippen LogP contribution in [0.1, 0.15) is 23.5 Å². The van der Waals surface area contributed by atoms with Gasteiger partial charge >= 0.3 is 0 Å². The van der Waals surface area contributed by atoms with Crippen LogP contribution >= 0.6 is 15.9 Å². The van der Waals surface area contributed by atoms with E-state index in [2.05, 4.69) is 47.1 Å². The molecule has 2 nitrogen and oxygen atoms in total. The molecule has 112 valence electrons. The first-order chi connectivity index (χ1) is 10.2. The van der Waals surface area contributed by atoms with Crippen molar-refractivity contribution in [2.75, 3.05) is 19.0 Å². The molecule has 0 aromatic heterocycles. The molecule has 2 rings (SSSR count). The molecule has 0 spiro atoms. The van der Waals surface area contributed by atoms with Crippen LogP contribution in [0.15, 0.2) is 48.5 Å². The second kappa shape index (κ2) is 8.08. The van der Waals surface area contributed by atoms with Crippen LogP contribution in [0.3, 0.4) is 0 Å². The molecule has 3 heteroatoms. The highest BCUT2D eigenvalue weighted by atomic mass is 79.9. The van der Waals surface area contributed by atoms with Crippen molar-refractivity contribution in [1.82, 2.24) is 0 Å². The maximum atomic E-state index is 5.81. The van der Waals surface area contributed by atoms with Gasteiger partial charge in [-0.05, 0) is 49.1 Å². The molecule has 0 heterocycles. The molecule has 0 amide bonds. The summed E-state index contributed by atoms with van der Waals surface area (Å²) in [5.74, 6) is 2.21. The summed E-state index contributed by atoms with van der Waals surface area (Å²) in [5, 5.41) is 0.946. The predicted octanol–water partition coefficient (Wildman–Crippen LogP) is 4.95. The largest absolute Gasteiger partial charge is 0.497 e. The van der Waals surface area contributed by atoms with Crippen molar-refractivity contribution in [1.29, 1.82) is 0 Å². The number of hydrogen-bond acceptors (Lipinski definition) is 2. The average Bonchev–Trinajstić information content (AvgIpc) is 2.53. The monoisotopic (exact) mass is 348 g/mol. The van der Waals surface area contributed by atoms with Crippen molar-refractivity contribution in [2.45, 2.75) is 19.3 Å². The highest BCUT2D eigenvalue weighted by Gasteiger charge is 2.10. The van der Waals surface area contributed by atoms with Gasteiger partial charge in [0.05, 0.1) is 13.7 Å². The Balaban J connectivity index is 1.86. The summed E-state index contributed by atoms with van der Waals surface area (Å²) in [7, 11) is 1.66. The van der Waals surface area contributed by atoms with Crippen molar-refractivity contribution in [3.63, 3.8) is 0 Å². The first-order valence-electron chi connectivity index (χ1n) is 7.12. The van der Waals surface area contributed by atoms with Crippen LogP contribution in [-0.2, 0) is 0 Å². The molecular weight excluding hydrogens is 328 g/mol. The van der Waals surface area contributed by atoms with E-state index in [1.807, 2.05) is 24.3 Å². The van der Waals surface area contributed by atoms with Crippen molar-refractivity contribution < 1.29 is 9.47 Å². The summed E-state index contributed by atoms with van der Waals surface area (Å²) in [6, 6.07) is 16.4. The fourth-order valence-electron chi connectivity index (χ4n) is 2.16. The Morgan fingerprint density at radius 2 is 1.57 bits per heavy atom. The van der Waals surface area contributed by atoms with Crippen molar-refractivity contribution in [2.24, 2.45) is 0 Å². The molecule has 0 saturated carbocycles. The van der Waals surface area contributed by atoms with Gasteiger partial charge in [-0.25, -0.2) is 0 Å². The van der Waals surface area contributed by atoms with E-state index in [1.54, 1.807) is 7.11 Å². The summed E-state index contributed by atoms with van der Waals surface area (Å²) in [4.78, 5) is 0. The number of rotatable bonds is 7. The molecule has 2 aromatic carbocycles. The molecule has 0 aliphatic heterocycles. The summed E-state index contributed by atoms with van der Waals surface area (Å²) in [6.45, 7) is 2.82. The Kier molecular flexibility index (Phi) is 6.12. The average molecular weight is 349 g/mol. The highest BCUT2D eigenvalue weighted by Crippen LogP contribution is 2.23. The number of methoxy groups -OCH3 is 1. The maximum absolute atomic E-state index is 5.81. The van der Waals surface area contributed by atoms with Gasteiger partial charge in [-0.3, -0.25) is 0 Å². The van der Waals surface area contributed by atoms with Gasteiger partial charge in [-0.2, -0.15) is 0 Å². The highest BCUT2D eigenvalue weighted by molar-refractivity contribution is 9.09. The van der Waals surface area contributed by atoms with Crippen LogP contribution in [0.2, 0.25) is 0 Å². The standard InChI is InChI=1S/C18H21BrO2/c1-14-3-5-15(6-4-14)16(13-19)11-12-21-18-9-7-17(20-2)8-10-18/h3-10,16H,11-13H2,1-2H3. The molecule has 0 N–H and O–H groups in total. The van der Waals surface area contributed by atoms with Crippen molar-refractivity contribution in [3.05, 3.63) is 59.7 Å². The van der Waals surface area contributed by atoms with Crippen LogP contribution in [0.4, 0.5) is 0 Å². The molecule has 0 saturated heterocycles. The van der Waals surface area contributed by atoms with E-state index in [9.17, 15) is 0 Å². The zero-order chi connectivity index (χ0) is 15.1. The lowest BCUT2D eigenvalue weighted by molar-refractivity contribution is 0.301. The van der Waals surface area contributed by atoms with E-state index in [4.69, 9.17) is 9.47 Å². The summed E-state index contributed by atoms with van der Waals surface area (Å²) in [6.07, 6.45) is 0.986. The lowest BCUT2D eigenvalue weighted by atomic mass is 9.97. The quantitative estimate of drug-likeness (QED) is 0.659. The number of hydrogen-bond donors (Lipinski definition) is 0. The molecule has 0 bridgehead atoms. The lowest BCUT2D eigenvalue weighted by Crippen LogP contribution is -2.07. The third-order valence-corrected chi connectivity index (χ3v) is 4.31. The Hall–Kier alpha value is -1.48. The van der Waals surface area contributed by atoms with E-state index in [0.29, 0.717) is 12.5 Å². The van der Waals surface area contributed by atoms with E-state index in [-0.39, 0.29) is 0 Å². The SMILES string of the molecule is COc1ccc(OCCC(CBr)c2ccc(C)cc2)cc1. The number of aryl methyl sites for hydroxylation is 1. The minimum atomic E-state index is 0.476. The van der Waals surface area contributed by atoms with Gasteiger partial charge in [0.2, 0.25) is 0 Å². The molecule has 0 aliphatic rings. The summed E-state index contributed by atoms with van der Waals surface area (Å²) in [5.41, 5.74) is 2.65. The van der Waals surface area contributed by atoms with Gasteiger partial charge in [-0.1, -0.05) is 45.8 Å². The van der Waals surface area contributed by atoms with Crippen molar-refractivity contribution >= 4 is 15.9 Å². The molecule has 2 aromatic rings. The summed E-state index contributed by atoms with van der Waals surface area (Å²) < 4.78 is 10.9. The minimum Gasteiger partial charge on any atom is -0.497 e. The van der Waals surface area contributed by atoms with Crippen LogP contribution < -0.4 is 9.47 Å². The van der Waals surface area contributed by atoms with E-state index in [1.165, 1.54) is 11.1 Å². The topological polar surface area (TPSA) is 18.5 Å². The first-order valence-corrected chi connectivity index (χ1v) is 8.24. The normalized spacial score (nSPS) is 12.0. The molecule has 1 atom stereocenters. The fourth-order valence-corrected chi connectivity index (χ4v) is 2.86. The minimum absolute atomic E-state index is 0.476. The zero-order valence-corrected chi connectivity index (χ0v) is 14.1. The maximum Gasteiger partial charge on any atom is 0.119 e. The number of halogens is 1. The number of alkyl halides is 1. The lowest BCUT2D eigenvalue weighted by Gasteiger charge is -2.15. The first kappa shape index (κ1) is 15.9. The van der Waals surface area contributed by atoms with E-state index in [0.717, 1.165) is 23.2 Å². The molecule has 0 fully saturated rings. The second-order valence-electron chi connectivity index (χ2n) is 5.07. The number of benzene rings is 2. The third-order valence-electron chi connectivity index (χ3n) is 3.53. The molecule has 21 heavy (non-hydrogen) atoms. The van der Waals surface area contributed by atoms with Gasteiger partial charge in [0.15, 0.2) is 0 Å². The van der Waals surface area contributed by atoms with E-state index >= 15 is 0 Å². The van der Waals surface area contributed by atoms with Gasteiger partial charge < -0.3 is 9.47 Å². The second-order valence-corrected chi connectivity index (χ2v) is 5.72. The Bertz CT molecular complexity index is 534. The fraction of sp³-hybridized carbons (Fsp3) is 0.333. The van der Waals surface area contributed by atoms with E-state index < -0.39 is 0 Å². The van der Waals surface area contributed by atoms with Crippen LogP contribution in [0, 0.1) is 6.92 Å². The van der Waals surface area contributed by atoms with Gasteiger partial charge in [-0.15, -0.1) is 0 Å². The number of ether oxygens (including phenoxy) is 2. The van der Waals surface area contributed by atoms with Gasteiger partial charge in [0, 0.05) is 5.33 Å². The Morgan fingerprint density at radius 1 is 0.952 bits per heavy atom. The Morgan fingerprint density at radius 3 is 2.14 bits per heavy atom. The van der Waals surface area contributed by atoms with Gasteiger partial charge in [0.1, 0.15) is 11.5 Å². The van der Waals surface area contributed by atoms with Crippen molar-refractivity contribution in [3.8, 4) is 11.5 Å². The summed E-state index contributed by atoms with van der Waals surface area (Å²) >= 11 is 3.60. The molecule has 1 unspecified atom stereocenters. The van der Waals surface area contributed by atoms with Crippen LogP contribution in [-0.4, -0.2) is 19.0 Å². The predicted molar refractivity (Wildman–Crippen MR) is 90.8 cm³/mol. The molecule has 0 aliphatic carbocycles. The molecular formula is C18H21BrO2. The van der Waals surface area contributed by atoms with Crippen LogP contribution in [0.25, 0.3) is 0 Å². The Labute approximate surface area is 135 Å². The zero-order valence-electron chi connectivity index (χ0n) is 12.5.